The van der Waals surface area contributed by atoms with Crippen molar-refractivity contribution in [2.75, 3.05) is 6.54 Å². The van der Waals surface area contributed by atoms with Crippen molar-refractivity contribution in [1.82, 2.24) is 10.0 Å². The zero-order valence-corrected chi connectivity index (χ0v) is 16.5. The Labute approximate surface area is 169 Å². The number of benzene rings is 3. The van der Waals surface area contributed by atoms with Crippen molar-refractivity contribution in [2.45, 2.75) is 17.9 Å². The summed E-state index contributed by atoms with van der Waals surface area (Å²) in [4.78, 5) is 12.2. The lowest BCUT2D eigenvalue weighted by molar-refractivity contribution is 0.0954. The third-order valence-electron chi connectivity index (χ3n) is 4.35. The Balaban J connectivity index is 1.51. The van der Waals surface area contributed by atoms with E-state index in [4.69, 9.17) is 0 Å². The molecule has 0 aliphatic heterocycles. The molecule has 2 N–H and O–H groups in total. The first kappa shape index (κ1) is 20.7. The SMILES string of the molecule is O=C(NCCc1ccccc1)c1ccc(CNS(=O)(=O)c2ccc(F)cc2)cc1. The molecule has 0 bridgehead atoms. The molecule has 0 heterocycles. The van der Waals surface area contributed by atoms with E-state index < -0.39 is 15.8 Å². The minimum Gasteiger partial charge on any atom is -0.352 e. The van der Waals surface area contributed by atoms with Crippen LogP contribution >= 0.6 is 0 Å². The highest BCUT2D eigenvalue weighted by atomic mass is 32.2. The highest BCUT2D eigenvalue weighted by Gasteiger charge is 2.13. The number of sulfonamides is 1. The average Bonchev–Trinajstić information content (AvgIpc) is 2.74. The quantitative estimate of drug-likeness (QED) is 0.596. The van der Waals surface area contributed by atoms with Crippen LogP contribution in [0.2, 0.25) is 0 Å². The van der Waals surface area contributed by atoms with Crippen LogP contribution in [0.3, 0.4) is 0 Å². The Kier molecular flexibility index (Phi) is 6.74. The fourth-order valence-corrected chi connectivity index (χ4v) is 3.73. The van der Waals surface area contributed by atoms with Gasteiger partial charge in [-0.1, -0.05) is 42.5 Å². The monoisotopic (exact) mass is 412 g/mol. The van der Waals surface area contributed by atoms with Crippen molar-refractivity contribution in [1.29, 1.82) is 0 Å². The van der Waals surface area contributed by atoms with Crippen molar-refractivity contribution in [3.05, 3.63) is 101 Å². The maximum atomic E-state index is 12.9. The van der Waals surface area contributed by atoms with Crippen molar-refractivity contribution in [3.63, 3.8) is 0 Å². The summed E-state index contributed by atoms with van der Waals surface area (Å²) in [6.45, 7) is 0.595. The van der Waals surface area contributed by atoms with Crippen LogP contribution in [0, 0.1) is 5.82 Å². The van der Waals surface area contributed by atoms with E-state index in [0.29, 0.717) is 17.7 Å². The van der Waals surface area contributed by atoms with Crippen molar-refractivity contribution >= 4 is 15.9 Å². The molecule has 0 radical (unpaired) electrons. The molecule has 3 aromatic rings. The molecule has 0 aromatic heterocycles. The molecule has 150 valence electrons. The maximum absolute atomic E-state index is 12.9. The molecule has 5 nitrogen and oxygen atoms in total. The molecule has 1 amide bonds. The Bertz CT molecular complexity index is 1050. The Hall–Kier alpha value is -3.03. The minimum atomic E-state index is -3.74. The van der Waals surface area contributed by atoms with Gasteiger partial charge in [-0.3, -0.25) is 4.79 Å². The van der Waals surface area contributed by atoms with Crippen molar-refractivity contribution in [2.24, 2.45) is 0 Å². The summed E-state index contributed by atoms with van der Waals surface area (Å²) < 4.78 is 39.9. The minimum absolute atomic E-state index is 0.00619. The molecule has 3 rings (SSSR count). The van der Waals surface area contributed by atoms with Gasteiger partial charge in [0.2, 0.25) is 10.0 Å². The van der Waals surface area contributed by atoms with Crippen LogP contribution in [-0.4, -0.2) is 20.9 Å². The largest absolute Gasteiger partial charge is 0.352 e. The number of rotatable bonds is 8. The second kappa shape index (κ2) is 9.45. The van der Waals surface area contributed by atoms with E-state index in [1.807, 2.05) is 30.3 Å². The van der Waals surface area contributed by atoms with Gasteiger partial charge in [0.1, 0.15) is 5.82 Å². The first-order valence-electron chi connectivity index (χ1n) is 9.10. The highest BCUT2D eigenvalue weighted by Crippen LogP contribution is 2.11. The van der Waals surface area contributed by atoms with Gasteiger partial charge in [0.15, 0.2) is 0 Å². The van der Waals surface area contributed by atoms with E-state index in [1.54, 1.807) is 24.3 Å². The zero-order valence-electron chi connectivity index (χ0n) is 15.6. The number of hydrogen-bond donors (Lipinski definition) is 2. The van der Waals surface area contributed by atoms with E-state index >= 15 is 0 Å². The normalized spacial score (nSPS) is 11.2. The second-order valence-corrected chi connectivity index (χ2v) is 8.23. The molecule has 7 heteroatoms. The molecule has 0 spiro atoms. The first-order valence-corrected chi connectivity index (χ1v) is 10.6. The molecule has 0 saturated heterocycles. The summed E-state index contributed by atoms with van der Waals surface area (Å²) >= 11 is 0. The van der Waals surface area contributed by atoms with Gasteiger partial charge in [0.25, 0.3) is 5.91 Å². The second-order valence-electron chi connectivity index (χ2n) is 6.47. The standard InChI is InChI=1S/C22H21FN2O3S/c23-20-10-12-21(13-11-20)29(27,28)25-16-18-6-8-19(9-7-18)22(26)24-15-14-17-4-2-1-3-5-17/h1-13,25H,14-16H2,(H,24,26). The van der Waals surface area contributed by atoms with Gasteiger partial charge in [0.05, 0.1) is 4.90 Å². The van der Waals surface area contributed by atoms with E-state index in [0.717, 1.165) is 24.1 Å². The number of halogens is 1. The lowest BCUT2D eigenvalue weighted by Crippen LogP contribution is -2.26. The first-order chi connectivity index (χ1) is 13.9. The molecular formula is C22H21FN2O3S. The third-order valence-corrected chi connectivity index (χ3v) is 5.77. The summed E-state index contributed by atoms with van der Waals surface area (Å²) in [5.74, 6) is -0.680. The Morgan fingerprint density at radius 1 is 0.828 bits per heavy atom. The van der Waals surface area contributed by atoms with Gasteiger partial charge in [-0.2, -0.15) is 0 Å². The topological polar surface area (TPSA) is 75.3 Å². The van der Waals surface area contributed by atoms with E-state index in [1.165, 1.54) is 12.1 Å². The highest BCUT2D eigenvalue weighted by molar-refractivity contribution is 7.89. The van der Waals surface area contributed by atoms with Crippen LogP contribution in [0.1, 0.15) is 21.5 Å². The number of carbonyl (C=O) groups excluding carboxylic acids is 1. The molecule has 29 heavy (non-hydrogen) atoms. The summed E-state index contributed by atoms with van der Waals surface area (Å²) in [7, 11) is -3.74. The van der Waals surface area contributed by atoms with E-state index in [2.05, 4.69) is 10.0 Å². The van der Waals surface area contributed by atoms with E-state index in [-0.39, 0.29) is 17.3 Å². The molecule has 3 aromatic carbocycles. The lowest BCUT2D eigenvalue weighted by Gasteiger charge is -2.08. The van der Waals surface area contributed by atoms with Gasteiger partial charge in [-0.25, -0.2) is 17.5 Å². The van der Waals surface area contributed by atoms with Crippen LogP contribution in [0.15, 0.2) is 83.8 Å². The van der Waals surface area contributed by atoms with Gasteiger partial charge < -0.3 is 5.32 Å². The van der Waals surface area contributed by atoms with Crippen LogP contribution in [0.25, 0.3) is 0 Å². The van der Waals surface area contributed by atoms with Gasteiger partial charge in [-0.05, 0) is 53.9 Å². The number of hydrogen-bond acceptors (Lipinski definition) is 3. The van der Waals surface area contributed by atoms with Crippen molar-refractivity contribution in [3.8, 4) is 0 Å². The molecule has 0 saturated carbocycles. The predicted molar refractivity (Wildman–Crippen MR) is 109 cm³/mol. The summed E-state index contributed by atoms with van der Waals surface area (Å²) in [6.07, 6.45) is 0.746. The third kappa shape index (κ3) is 5.97. The maximum Gasteiger partial charge on any atom is 0.251 e. The molecule has 0 aliphatic carbocycles. The number of carbonyl (C=O) groups is 1. The zero-order chi connectivity index (χ0) is 20.7. The molecule has 0 fully saturated rings. The molecule has 0 unspecified atom stereocenters. The van der Waals surface area contributed by atoms with Gasteiger partial charge in [0, 0.05) is 18.7 Å². The Morgan fingerprint density at radius 3 is 2.14 bits per heavy atom. The summed E-state index contributed by atoms with van der Waals surface area (Å²) in [6, 6.07) is 21.2. The molecule has 0 atom stereocenters. The number of nitrogens with one attached hydrogen (secondary N) is 2. The van der Waals surface area contributed by atoms with Gasteiger partial charge >= 0.3 is 0 Å². The van der Waals surface area contributed by atoms with Crippen LogP contribution in [-0.2, 0) is 23.0 Å². The summed E-state index contributed by atoms with van der Waals surface area (Å²) in [5.41, 5.74) is 2.36. The van der Waals surface area contributed by atoms with Crippen LogP contribution in [0.4, 0.5) is 4.39 Å². The fraction of sp³-hybridized carbons (Fsp3) is 0.136. The van der Waals surface area contributed by atoms with Crippen molar-refractivity contribution < 1.29 is 17.6 Å². The number of amides is 1. The Morgan fingerprint density at radius 2 is 1.48 bits per heavy atom. The fourth-order valence-electron chi connectivity index (χ4n) is 2.72. The predicted octanol–water partition coefficient (Wildman–Crippen LogP) is 3.28. The molecular weight excluding hydrogens is 391 g/mol. The smallest absolute Gasteiger partial charge is 0.251 e. The summed E-state index contributed by atoms with van der Waals surface area (Å²) in [5, 5.41) is 2.87. The average molecular weight is 412 g/mol. The van der Waals surface area contributed by atoms with Crippen LogP contribution < -0.4 is 10.0 Å². The van der Waals surface area contributed by atoms with Gasteiger partial charge in [-0.15, -0.1) is 0 Å². The lowest BCUT2D eigenvalue weighted by atomic mass is 10.1. The van der Waals surface area contributed by atoms with Crippen LogP contribution in [0.5, 0.6) is 0 Å². The van der Waals surface area contributed by atoms with E-state index in [9.17, 15) is 17.6 Å². The molecule has 0 aliphatic rings.